The lowest BCUT2D eigenvalue weighted by Crippen LogP contribution is -2.43. The zero-order valence-electron chi connectivity index (χ0n) is 15.0. The highest BCUT2D eigenvalue weighted by Crippen LogP contribution is 2.29. The normalized spacial score (nSPS) is 15.5. The van der Waals surface area contributed by atoms with Crippen molar-refractivity contribution in [2.45, 2.75) is 60.0 Å². The van der Waals surface area contributed by atoms with E-state index in [2.05, 4.69) is 77.8 Å². The smallest absolute Gasteiger partial charge is 0.0470 e. The fourth-order valence-corrected chi connectivity index (χ4v) is 2.77. The third-order valence-electron chi connectivity index (χ3n) is 4.59. The third kappa shape index (κ3) is 5.12. The van der Waals surface area contributed by atoms with E-state index in [0.717, 1.165) is 6.42 Å². The van der Waals surface area contributed by atoms with Crippen LogP contribution in [0, 0.1) is 11.3 Å². The topological polar surface area (TPSA) is 29.3 Å². The van der Waals surface area contributed by atoms with Crippen LogP contribution in [-0.4, -0.2) is 24.5 Å². The average molecular weight is 290 g/mol. The van der Waals surface area contributed by atoms with Crippen molar-refractivity contribution in [1.29, 1.82) is 0 Å². The summed E-state index contributed by atoms with van der Waals surface area (Å²) in [4.78, 5) is 2.41. The summed E-state index contributed by atoms with van der Waals surface area (Å²) in [7, 11) is 2.19. The molecule has 0 fully saturated rings. The fourth-order valence-electron chi connectivity index (χ4n) is 2.77. The molecule has 21 heavy (non-hydrogen) atoms. The van der Waals surface area contributed by atoms with Crippen LogP contribution < -0.4 is 5.73 Å². The maximum atomic E-state index is 6.06. The molecule has 0 amide bonds. The quantitative estimate of drug-likeness (QED) is 0.848. The molecule has 2 nitrogen and oxygen atoms in total. The van der Waals surface area contributed by atoms with Crippen LogP contribution in [0.3, 0.4) is 0 Å². The highest BCUT2D eigenvalue weighted by Gasteiger charge is 2.28. The molecule has 2 N–H and O–H groups in total. The van der Waals surface area contributed by atoms with Gasteiger partial charge in [-0.15, -0.1) is 0 Å². The standard InChI is InChI=1S/C19H34N2/c1-14(2)12-16-8-10-17(11-9-16)18(13-20)21(7)15(3)19(4,5)6/h8-11,14-15,18H,12-13,20H2,1-7H3. The Labute approximate surface area is 131 Å². The first-order chi connectivity index (χ1) is 9.66. The van der Waals surface area contributed by atoms with Crippen molar-refractivity contribution in [2.24, 2.45) is 17.1 Å². The SMILES string of the molecule is CC(C)Cc1ccc(C(CN)N(C)C(C)C(C)(C)C)cc1. The van der Waals surface area contributed by atoms with E-state index in [1.54, 1.807) is 0 Å². The van der Waals surface area contributed by atoms with E-state index in [0.29, 0.717) is 18.5 Å². The summed E-state index contributed by atoms with van der Waals surface area (Å²) >= 11 is 0. The lowest BCUT2D eigenvalue weighted by atomic mass is 9.85. The minimum atomic E-state index is 0.250. The molecule has 0 aliphatic heterocycles. The van der Waals surface area contributed by atoms with Gasteiger partial charge in [-0.1, -0.05) is 58.9 Å². The molecule has 0 saturated heterocycles. The second-order valence-corrected chi connectivity index (χ2v) is 7.80. The second kappa shape index (κ2) is 7.42. The Kier molecular flexibility index (Phi) is 6.42. The lowest BCUT2D eigenvalue weighted by Gasteiger charge is -2.40. The maximum absolute atomic E-state index is 6.06. The Morgan fingerprint density at radius 1 is 1.05 bits per heavy atom. The van der Waals surface area contributed by atoms with Gasteiger partial charge >= 0.3 is 0 Å². The van der Waals surface area contributed by atoms with Crippen LogP contribution in [0.15, 0.2) is 24.3 Å². The van der Waals surface area contributed by atoms with Gasteiger partial charge in [0.2, 0.25) is 0 Å². The van der Waals surface area contributed by atoms with Crippen molar-refractivity contribution in [3.05, 3.63) is 35.4 Å². The molecule has 1 aromatic carbocycles. The van der Waals surface area contributed by atoms with Crippen LogP contribution in [0.2, 0.25) is 0 Å². The Morgan fingerprint density at radius 2 is 1.57 bits per heavy atom. The Balaban J connectivity index is 2.89. The van der Waals surface area contributed by atoms with Crippen molar-refractivity contribution in [1.82, 2.24) is 4.90 Å². The van der Waals surface area contributed by atoms with Gasteiger partial charge in [-0.05, 0) is 42.9 Å². The molecule has 0 aliphatic rings. The van der Waals surface area contributed by atoms with Crippen LogP contribution in [-0.2, 0) is 6.42 Å². The number of benzene rings is 1. The lowest BCUT2D eigenvalue weighted by molar-refractivity contribution is 0.100. The Morgan fingerprint density at radius 3 is 1.95 bits per heavy atom. The molecule has 0 bridgehead atoms. The van der Waals surface area contributed by atoms with Gasteiger partial charge in [0, 0.05) is 18.6 Å². The average Bonchev–Trinajstić information content (AvgIpc) is 2.38. The molecule has 0 radical (unpaired) electrons. The van der Waals surface area contributed by atoms with E-state index in [-0.39, 0.29) is 11.5 Å². The Hall–Kier alpha value is -0.860. The molecular weight excluding hydrogens is 256 g/mol. The van der Waals surface area contributed by atoms with Crippen molar-refractivity contribution in [3.63, 3.8) is 0 Å². The zero-order valence-corrected chi connectivity index (χ0v) is 15.0. The predicted octanol–water partition coefficient (Wildman–Crippen LogP) is 4.25. The maximum Gasteiger partial charge on any atom is 0.0470 e. The van der Waals surface area contributed by atoms with Crippen LogP contribution >= 0.6 is 0 Å². The minimum absolute atomic E-state index is 0.250. The first-order valence-electron chi connectivity index (χ1n) is 8.17. The van der Waals surface area contributed by atoms with Gasteiger partial charge in [-0.2, -0.15) is 0 Å². The summed E-state index contributed by atoms with van der Waals surface area (Å²) in [6.45, 7) is 14.3. The molecule has 120 valence electrons. The van der Waals surface area contributed by atoms with Crippen LogP contribution in [0.1, 0.15) is 58.7 Å². The summed E-state index contributed by atoms with van der Waals surface area (Å²) in [5.41, 5.74) is 9.05. The van der Waals surface area contributed by atoms with Gasteiger partial charge in [-0.3, -0.25) is 4.90 Å². The first kappa shape index (κ1) is 18.2. The molecule has 0 spiro atoms. The number of nitrogens with zero attached hydrogens (tertiary/aromatic N) is 1. The molecule has 0 aromatic heterocycles. The van der Waals surface area contributed by atoms with Gasteiger partial charge in [0.05, 0.1) is 0 Å². The van der Waals surface area contributed by atoms with Gasteiger partial charge in [0.1, 0.15) is 0 Å². The number of hydrogen-bond acceptors (Lipinski definition) is 2. The van der Waals surface area contributed by atoms with Gasteiger partial charge < -0.3 is 5.73 Å². The van der Waals surface area contributed by atoms with Gasteiger partial charge in [-0.25, -0.2) is 0 Å². The van der Waals surface area contributed by atoms with E-state index in [9.17, 15) is 0 Å². The number of rotatable bonds is 6. The first-order valence-corrected chi connectivity index (χ1v) is 8.17. The van der Waals surface area contributed by atoms with Crippen LogP contribution in [0.4, 0.5) is 0 Å². The van der Waals surface area contributed by atoms with E-state index >= 15 is 0 Å². The molecule has 0 aliphatic carbocycles. The van der Waals surface area contributed by atoms with E-state index in [1.807, 2.05) is 0 Å². The molecule has 1 aromatic rings. The summed E-state index contributed by atoms with van der Waals surface area (Å²) in [5, 5.41) is 0. The van der Waals surface area contributed by atoms with E-state index in [1.165, 1.54) is 11.1 Å². The largest absolute Gasteiger partial charge is 0.329 e. The van der Waals surface area contributed by atoms with Crippen molar-refractivity contribution in [2.75, 3.05) is 13.6 Å². The highest BCUT2D eigenvalue weighted by atomic mass is 15.2. The molecule has 2 atom stereocenters. The molecule has 1 rings (SSSR count). The molecule has 2 heteroatoms. The molecular formula is C19H34N2. The summed E-state index contributed by atoms with van der Waals surface area (Å²) in [6, 6.07) is 9.78. The number of hydrogen-bond donors (Lipinski definition) is 1. The van der Waals surface area contributed by atoms with Crippen LogP contribution in [0.25, 0.3) is 0 Å². The number of nitrogens with two attached hydrogens (primary N) is 1. The van der Waals surface area contributed by atoms with E-state index < -0.39 is 0 Å². The highest BCUT2D eigenvalue weighted by molar-refractivity contribution is 5.26. The number of likely N-dealkylation sites (N-methyl/N-ethyl adjacent to an activating group) is 1. The molecule has 0 saturated carbocycles. The van der Waals surface area contributed by atoms with Crippen molar-refractivity contribution in [3.8, 4) is 0 Å². The molecule has 0 heterocycles. The van der Waals surface area contributed by atoms with Crippen molar-refractivity contribution < 1.29 is 0 Å². The predicted molar refractivity (Wildman–Crippen MR) is 93.5 cm³/mol. The summed E-state index contributed by atoms with van der Waals surface area (Å²) in [6.07, 6.45) is 1.14. The zero-order chi connectivity index (χ0) is 16.2. The fraction of sp³-hybridized carbons (Fsp3) is 0.684. The Bertz CT molecular complexity index is 414. The third-order valence-corrected chi connectivity index (χ3v) is 4.59. The monoisotopic (exact) mass is 290 g/mol. The summed E-state index contributed by atoms with van der Waals surface area (Å²) in [5.74, 6) is 0.699. The van der Waals surface area contributed by atoms with Gasteiger partial charge in [0.25, 0.3) is 0 Å². The van der Waals surface area contributed by atoms with Crippen molar-refractivity contribution >= 4 is 0 Å². The second-order valence-electron chi connectivity index (χ2n) is 7.80. The molecule has 2 unspecified atom stereocenters. The summed E-state index contributed by atoms with van der Waals surface area (Å²) < 4.78 is 0. The van der Waals surface area contributed by atoms with E-state index in [4.69, 9.17) is 5.73 Å². The van der Waals surface area contributed by atoms with Crippen LogP contribution in [0.5, 0.6) is 0 Å². The minimum Gasteiger partial charge on any atom is -0.329 e. The van der Waals surface area contributed by atoms with Gasteiger partial charge in [0.15, 0.2) is 0 Å².